The maximum atomic E-state index is 14.3. The van der Waals surface area contributed by atoms with Crippen molar-refractivity contribution < 1.29 is 4.57 Å². The Bertz CT molecular complexity index is 956. The zero-order chi connectivity index (χ0) is 16.0. The van der Waals surface area contributed by atoms with Gasteiger partial charge in [-0.25, -0.2) is 0 Å². The lowest BCUT2D eigenvalue weighted by molar-refractivity contribution is 0.586. The van der Waals surface area contributed by atoms with Crippen LogP contribution >= 0.6 is 7.14 Å². The van der Waals surface area contributed by atoms with Gasteiger partial charge in [-0.1, -0.05) is 66.7 Å². The fraction of sp³-hybridized carbons (Fsp3) is 0.143. The summed E-state index contributed by atoms with van der Waals surface area (Å²) < 4.78 is 14.3. The Morgan fingerprint density at radius 2 is 1.39 bits per heavy atom. The highest BCUT2D eigenvalue weighted by Crippen LogP contribution is 2.55. The van der Waals surface area contributed by atoms with E-state index in [4.69, 9.17) is 0 Å². The third-order valence-electron chi connectivity index (χ3n) is 4.80. The van der Waals surface area contributed by atoms with Crippen LogP contribution in [0.3, 0.4) is 0 Å². The van der Waals surface area contributed by atoms with Gasteiger partial charge in [-0.2, -0.15) is 0 Å². The minimum Gasteiger partial charge on any atom is -0.313 e. The van der Waals surface area contributed by atoms with Crippen LogP contribution < -0.4 is 10.6 Å². The van der Waals surface area contributed by atoms with Crippen LogP contribution in [-0.2, 0) is 10.7 Å². The van der Waals surface area contributed by atoms with Crippen molar-refractivity contribution in [3.05, 3.63) is 83.4 Å². The van der Waals surface area contributed by atoms with Gasteiger partial charge in [-0.15, -0.1) is 0 Å². The van der Waals surface area contributed by atoms with Gasteiger partial charge in [0, 0.05) is 16.8 Å². The van der Waals surface area contributed by atoms with Crippen molar-refractivity contribution in [2.75, 3.05) is 0 Å². The van der Waals surface area contributed by atoms with Crippen LogP contribution in [0.4, 0.5) is 0 Å². The average molecular weight is 318 g/mol. The number of hydrogen-bond donors (Lipinski definition) is 0. The predicted molar refractivity (Wildman–Crippen MR) is 98.4 cm³/mol. The van der Waals surface area contributed by atoms with E-state index in [1.807, 2.05) is 24.3 Å². The first-order valence-electron chi connectivity index (χ1n) is 7.95. The van der Waals surface area contributed by atoms with Gasteiger partial charge >= 0.3 is 0 Å². The topological polar surface area (TPSA) is 17.1 Å². The lowest BCUT2D eigenvalue weighted by atomic mass is 9.98. The smallest absolute Gasteiger partial charge is 0.148 e. The number of fused-ring (bicyclic) bond motifs is 3. The van der Waals surface area contributed by atoms with Gasteiger partial charge in [0.05, 0.1) is 0 Å². The average Bonchev–Trinajstić information content (AvgIpc) is 2.55. The Hall–Kier alpha value is -2.11. The molecule has 0 N–H and O–H groups in total. The highest BCUT2D eigenvalue weighted by molar-refractivity contribution is 7.78. The fourth-order valence-electron chi connectivity index (χ4n) is 3.77. The van der Waals surface area contributed by atoms with Gasteiger partial charge in [-0.3, -0.25) is 0 Å². The lowest BCUT2D eigenvalue weighted by Crippen LogP contribution is -2.26. The molecule has 0 radical (unpaired) electrons. The van der Waals surface area contributed by atoms with E-state index in [2.05, 4.69) is 56.3 Å². The first kappa shape index (κ1) is 14.5. The second-order valence-electron chi connectivity index (χ2n) is 6.31. The van der Waals surface area contributed by atoms with E-state index in [-0.39, 0.29) is 0 Å². The molecule has 4 rings (SSSR count). The van der Waals surface area contributed by atoms with Crippen LogP contribution in [0.15, 0.2) is 66.7 Å². The minimum absolute atomic E-state index is 0.617. The molecule has 0 aliphatic carbocycles. The molecule has 0 saturated heterocycles. The van der Waals surface area contributed by atoms with E-state index < -0.39 is 7.14 Å². The number of rotatable bonds is 1. The molecule has 2 heteroatoms. The molecule has 0 amide bonds. The van der Waals surface area contributed by atoms with Crippen molar-refractivity contribution >= 4 is 17.8 Å². The van der Waals surface area contributed by atoms with Crippen LogP contribution in [0, 0.1) is 13.8 Å². The third-order valence-corrected chi connectivity index (χ3v) is 8.19. The van der Waals surface area contributed by atoms with E-state index in [0.29, 0.717) is 6.16 Å². The summed E-state index contributed by atoms with van der Waals surface area (Å²) in [4.78, 5) is 0. The molecule has 0 fully saturated rings. The summed E-state index contributed by atoms with van der Waals surface area (Å²) in [7, 11) is -2.66. The lowest BCUT2D eigenvalue weighted by Gasteiger charge is -2.31. The largest absolute Gasteiger partial charge is 0.313 e. The van der Waals surface area contributed by atoms with Gasteiger partial charge in [0.25, 0.3) is 0 Å². The Morgan fingerprint density at radius 1 is 0.739 bits per heavy atom. The van der Waals surface area contributed by atoms with Gasteiger partial charge in [0.1, 0.15) is 7.14 Å². The van der Waals surface area contributed by atoms with Crippen molar-refractivity contribution in [1.82, 2.24) is 0 Å². The van der Waals surface area contributed by atoms with Crippen molar-refractivity contribution in [3.8, 4) is 11.1 Å². The summed E-state index contributed by atoms with van der Waals surface area (Å²) in [6.45, 7) is 4.14. The van der Waals surface area contributed by atoms with Crippen LogP contribution in [-0.4, -0.2) is 0 Å². The molecule has 1 unspecified atom stereocenters. The van der Waals surface area contributed by atoms with Gasteiger partial charge in [0.2, 0.25) is 0 Å². The molecule has 1 aliphatic rings. The minimum atomic E-state index is -2.66. The molecule has 1 heterocycles. The van der Waals surface area contributed by atoms with E-state index in [1.165, 1.54) is 11.1 Å². The highest BCUT2D eigenvalue weighted by atomic mass is 31.2. The summed E-state index contributed by atoms with van der Waals surface area (Å²) in [5.74, 6) is 0. The normalized spacial score (nSPS) is 19.0. The van der Waals surface area contributed by atoms with Crippen molar-refractivity contribution in [2.45, 2.75) is 20.0 Å². The fourth-order valence-corrected chi connectivity index (χ4v) is 7.29. The van der Waals surface area contributed by atoms with Gasteiger partial charge < -0.3 is 4.57 Å². The third kappa shape index (κ3) is 2.11. The van der Waals surface area contributed by atoms with Crippen molar-refractivity contribution in [3.63, 3.8) is 0 Å². The molecule has 114 valence electrons. The molecule has 0 saturated carbocycles. The second kappa shape index (κ2) is 5.22. The first-order valence-corrected chi connectivity index (χ1v) is 9.84. The summed E-state index contributed by atoms with van der Waals surface area (Å²) in [5.41, 5.74) is 5.80. The number of aryl methyl sites for hydroxylation is 2. The Labute approximate surface area is 137 Å². The molecule has 1 aliphatic heterocycles. The zero-order valence-corrected chi connectivity index (χ0v) is 14.3. The zero-order valence-electron chi connectivity index (χ0n) is 13.4. The summed E-state index contributed by atoms with van der Waals surface area (Å²) in [5, 5.41) is 2.05. The van der Waals surface area contributed by atoms with Gasteiger partial charge in [-0.05, 0) is 41.7 Å². The van der Waals surface area contributed by atoms with Crippen molar-refractivity contribution in [1.29, 1.82) is 0 Å². The monoisotopic (exact) mass is 318 g/mol. The molecule has 3 aromatic carbocycles. The highest BCUT2D eigenvalue weighted by Gasteiger charge is 2.37. The molecule has 1 nitrogen and oxygen atoms in total. The Balaban J connectivity index is 2.09. The molecule has 0 spiro atoms. The van der Waals surface area contributed by atoms with E-state index >= 15 is 0 Å². The molecule has 3 aromatic rings. The Kier molecular flexibility index (Phi) is 3.28. The molecule has 23 heavy (non-hydrogen) atoms. The molecule has 0 bridgehead atoms. The molecular formula is C21H19OP. The van der Waals surface area contributed by atoms with E-state index in [9.17, 15) is 4.57 Å². The van der Waals surface area contributed by atoms with Crippen LogP contribution in [0.25, 0.3) is 11.1 Å². The maximum absolute atomic E-state index is 14.3. The first-order chi connectivity index (χ1) is 11.1. The van der Waals surface area contributed by atoms with E-state index in [0.717, 1.165) is 27.3 Å². The predicted octanol–water partition coefficient (Wildman–Crippen LogP) is 4.80. The molecular weight excluding hydrogens is 299 g/mol. The van der Waals surface area contributed by atoms with Crippen LogP contribution in [0.2, 0.25) is 0 Å². The summed E-state index contributed by atoms with van der Waals surface area (Å²) >= 11 is 0. The molecule has 0 aromatic heterocycles. The van der Waals surface area contributed by atoms with Crippen LogP contribution in [0.1, 0.15) is 16.7 Å². The number of hydrogen-bond acceptors (Lipinski definition) is 1. The number of benzene rings is 3. The summed E-state index contributed by atoms with van der Waals surface area (Å²) in [6.07, 6.45) is 0.617. The SMILES string of the molecule is Cc1ccccc1P1(=O)Cc2ccccc2-c2cccc(C)c21. The standard InChI is InChI=1S/C21H19OP/c1-15-8-3-6-13-20(15)23(22)14-17-10-4-5-11-18(17)19-12-7-9-16(2)21(19)23/h3-13H,14H2,1-2H3. The van der Waals surface area contributed by atoms with Crippen molar-refractivity contribution in [2.24, 2.45) is 0 Å². The van der Waals surface area contributed by atoms with E-state index in [1.54, 1.807) is 0 Å². The second-order valence-corrected chi connectivity index (χ2v) is 9.04. The quantitative estimate of drug-likeness (QED) is 0.589. The van der Waals surface area contributed by atoms with Crippen LogP contribution in [0.5, 0.6) is 0 Å². The van der Waals surface area contributed by atoms with Gasteiger partial charge in [0.15, 0.2) is 0 Å². The maximum Gasteiger partial charge on any atom is 0.148 e. The summed E-state index contributed by atoms with van der Waals surface area (Å²) in [6, 6.07) is 22.8. The molecule has 1 atom stereocenters. The Morgan fingerprint density at radius 3 is 2.22 bits per heavy atom.